The molecule has 5 heteroatoms. The lowest BCUT2D eigenvalue weighted by Gasteiger charge is -2.14. The first-order chi connectivity index (χ1) is 10.1. The number of thioether (sulfide) groups is 1. The Morgan fingerprint density at radius 3 is 2.86 bits per heavy atom. The number of fused-ring (bicyclic) bond motifs is 1. The normalized spacial score (nSPS) is 12.6. The molecule has 0 fully saturated rings. The van der Waals surface area contributed by atoms with E-state index in [4.69, 9.17) is 0 Å². The summed E-state index contributed by atoms with van der Waals surface area (Å²) in [5.41, 5.74) is 0. The molecule has 1 aromatic carbocycles. The summed E-state index contributed by atoms with van der Waals surface area (Å²) in [7, 11) is 0. The molecular formula is C16H20N2O2S. The van der Waals surface area contributed by atoms with Crippen molar-refractivity contribution in [1.82, 2.24) is 10.3 Å². The van der Waals surface area contributed by atoms with Crippen LogP contribution < -0.4 is 5.32 Å². The molecule has 0 saturated carbocycles. The van der Waals surface area contributed by atoms with Gasteiger partial charge in [-0.05, 0) is 17.4 Å². The number of rotatable bonds is 6. The Balaban J connectivity index is 1.91. The van der Waals surface area contributed by atoms with Gasteiger partial charge in [0.2, 0.25) is 5.91 Å². The van der Waals surface area contributed by atoms with Gasteiger partial charge in [-0.3, -0.25) is 4.79 Å². The third-order valence-corrected chi connectivity index (χ3v) is 4.26. The zero-order chi connectivity index (χ0) is 15.2. The van der Waals surface area contributed by atoms with Gasteiger partial charge in [0.25, 0.3) is 0 Å². The van der Waals surface area contributed by atoms with Crippen molar-refractivity contribution in [1.29, 1.82) is 0 Å². The third kappa shape index (κ3) is 4.44. The highest BCUT2D eigenvalue weighted by atomic mass is 32.2. The molecule has 1 unspecified atom stereocenters. The van der Waals surface area contributed by atoms with Crippen molar-refractivity contribution in [3.05, 3.63) is 36.5 Å². The smallest absolute Gasteiger partial charge is 0.230 e. The average molecular weight is 304 g/mol. The van der Waals surface area contributed by atoms with Gasteiger partial charge in [0.1, 0.15) is 5.03 Å². The van der Waals surface area contributed by atoms with Crippen LogP contribution in [0.15, 0.2) is 41.6 Å². The summed E-state index contributed by atoms with van der Waals surface area (Å²) in [6, 6.07) is 9.94. The highest BCUT2D eigenvalue weighted by Crippen LogP contribution is 2.25. The molecule has 21 heavy (non-hydrogen) atoms. The number of nitrogens with zero attached hydrogens (tertiary/aromatic N) is 1. The molecule has 0 aliphatic heterocycles. The largest absolute Gasteiger partial charge is 0.391 e. The lowest BCUT2D eigenvalue weighted by atomic mass is 10.1. The molecule has 1 amide bonds. The number of benzene rings is 1. The number of aliphatic hydroxyl groups excluding tert-OH is 1. The number of pyridine rings is 1. The molecule has 2 rings (SSSR count). The highest BCUT2D eigenvalue weighted by Gasteiger charge is 2.11. The molecule has 0 spiro atoms. The monoisotopic (exact) mass is 304 g/mol. The summed E-state index contributed by atoms with van der Waals surface area (Å²) in [5, 5.41) is 15.4. The first-order valence-corrected chi connectivity index (χ1v) is 7.98. The van der Waals surface area contributed by atoms with E-state index >= 15 is 0 Å². The molecule has 4 nitrogen and oxygen atoms in total. The molecule has 2 aromatic rings. The maximum atomic E-state index is 11.8. The van der Waals surface area contributed by atoms with Gasteiger partial charge < -0.3 is 10.4 Å². The van der Waals surface area contributed by atoms with Crippen LogP contribution >= 0.6 is 11.8 Å². The van der Waals surface area contributed by atoms with Crippen LogP contribution in [0.5, 0.6) is 0 Å². The molecule has 0 radical (unpaired) electrons. The van der Waals surface area contributed by atoms with Crippen LogP contribution in [0.3, 0.4) is 0 Å². The second-order valence-corrected chi connectivity index (χ2v) is 6.21. The number of hydrogen-bond donors (Lipinski definition) is 2. The number of nitrogens with one attached hydrogen (secondary N) is 1. The maximum Gasteiger partial charge on any atom is 0.230 e. The standard InChI is InChI=1S/C16H20N2O2S/c1-11(2)14(19)9-18-15(20)10-21-16-13-6-4-3-5-12(13)7-8-17-16/h3-8,11,14,19H,9-10H2,1-2H3,(H,18,20). The van der Waals surface area contributed by atoms with E-state index in [2.05, 4.69) is 10.3 Å². The minimum Gasteiger partial charge on any atom is -0.391 e. The second kappa shape index (κ2) is 7.43. The Morgan fingerprint density at radius 2 is 2.10 bits per heavy atom. The molecule has 0 bridgehead atoms. The predicted octanol–water partition coefficient (Wildman–Crippen LogP) is 2.46. The predicted molar refractivity (Wildman–Crippen MR) is 86.3 cm³/mol. The molecule has 2 N–H and O–H groups in total. The van der Waals surface area contributed by atoms with Gasteiger partial charge in [0.15, 0.2) is 0 Å². The lowest BCUT2D eigenvalue weighted by molar-refractivity contribution is -0.119. The third-order valence-electron chi connectivity index (χ3n) is 3.25. The fourth-order valence-electron chi connectivity index (χ4n) is 1.85. The van der Waals surface area contributed by atoms with Gasteiger partial charge in [-0.25, -0.2) is 4.98 Å². The molecule has 1 aromatic heterocycles. The summed E-state index contributed by atoms with van der Waals surface area (Å²) < 4.78 is 0. The van der Waals surface area contributed by atoms with Crippen LogP contribution in [0.4, 0.5) is 0 Å². The van der Waals surface area contributed by atoms with E-state index in [9.17, 15) is 9.90 Å². The minimum absolute atomic E-state index is 0.0885. The van der Waals surface area contributed by atoms with Crippen molar-refractivity contribution in [3.8, 4) is 0 Å². The average Bonchev–Trinajstić information content (AvgIpc) is 2.50. The zero-order valence-electron chi connectivity index (χ0n) is 12.2. The van der Waals surface area contributed by atoms with Crippen molar-refractivity contribution in [2.75, 3.05) is 12.3 Å². The highest BCUT2D eigenvalue weighted by molar-refractivity contribution is 8.00. The van der Waals surface area contributed by atoms with Crippen LogP contribution in [0, 0.1) is 5.92 Å². The topological polar surface area (TPSA) is 62.2 Å². The SMILES string of the molecule is CC(C)C(O)CNC(=O)CSc1nccc2ccccc12. The Morgan fingerprint density at radius 1 is 1.33 bits per heavy atom. The Kier molecular flexibility index (Phi) is 5.59. The molecule has 0 saturated heterocycles. The molecule has 0 aliphatic rings. The van der Waals surface area contributed by atoms with Crippen LogP contribution in [0.25, 0.3) is 10.8 Å². The van der Waals surface area contributed by atoms with E-state index in [1.807, 2.05) is 44.2 Å². The summed E-state index contributed by atoms with van der Waals surface area (Å²) in [4.78, 5) is 16.1. The number of amides is 1. The Bertz CT molecular complexity index is 611. The zero-order valence-corrected chi connectivity index (χ0v) is 13.1. The number of aliphatic hydroxyl groups is 1. The molecule has 1 heterocycles. The fraction of sp³-hybridized carbons (Fsp3) is 0.375. The molecular weight excluding hydrogens is 284 g/mol. The van der Waals surface area contributed by atoms with Gasteiger partial charge in [-0.2, -0.15) is 0 Å². The molecule has 1 atom stereocenters. The van der Waals surface area contributed by atoms with Crippen molar-refractivity contribution >= 4 is 28.4 Å². The summed E-state index contributed by atoms with van der Waals surface area (Å²) in [5.74, 6) is 0.346. The summed E-state index contributed by atoms with van der Waals surface area (Å²) >= 11 is 1.41. The van der Waals surface area contributed by atoms with E-state index in [0.29, 0.717) is 12.3 Å². The first-order valence-electron chi connectivity index (χ1n) is 6.99. The van der Waals surface area contributed by atoms with Gasteiger partial charge >= 0.3 is 0 Å². The van der Waals surface area contributed by atoms with Crippen LogP contribution in [0.1, 0.15) is 13.8 Å². The second-order valence-electron chi connectivity index (χ2n) is 5.24. The van der Waals surface area contributed by atoms with Crippen LogP contribution in [-0.4, -0.2) is 34.4 Å². The van der Waals surface area contributed by atoms with Crippen molar-refractivity contribution < 1.29 is 9.90 Å². The molecule has 112 valence electrons. The number of carbonyl (C=O) groups excluding carboxylic acids is 1. The van der Waals surface area contributed by atoms with Gasteiger partial charge in [-0.1, -0.05) is 49.9 Å². The Labute approximate surface area is 129 Å². The fourth-order valence-corrected chi connectivity index (χ4v) is 2.69. The van der Waals surface area contributed by atoms with E-state index in [1.54, 1.807) is 6.20 Å². The van der Waals surface area contributed by atoms with Crippen LogP contribution in [-0.2, 0) is 4.79 Å². The minimum atomic E-state index is -0.505. The van der Waals surface area contributed by atoms with E-state index in [0.717, 1.165) is 15.8 Å². The summed E-state index contributed by atoms with van der Waals surface area (Å²) in [6.45, 7) is 4.14. The van der Waals surface area contributed by atoms with Gasteiger partial charge in [-0.15, -0.1) is 0 Å². The molecule has 0 aliphatic carbocycles. The summed E-state index contributed by atoms with van der Waals surface area (Å²) in [6.07, 6.45) is 1.25. The number of aromatic nitrogens is 1. The number of hydrogen-bond acceptors (Lipinski definition) is 4. The Hall–Kier alpha value is -1.59. The van der Waals surface area contributed by atoms with Gasteiger partial charge in [0.05, 0.1) is 11.9 Å². The van der Waals surface area contributed by atoms with Crippen molar-refractivity contribution in [2.45, 2.75) is 25.0 Å². The van der Waals surface area contributed by atoms with E-state index in [1.165, 1.54) is 11.8 Å². The van der Waals surface area contributed by atoms with Crippen molar-refractivity contribution in [2.24, 2.45) is 5.92 Å². The van der Waals surface area contributed by atoms with Crippen molar-refractivity contribution in [3.63, 3.8) is 0 Å². The van der Waals surface area contributed by atoms with E-state index < -0.39 is 6.10 Å². The quantitative estimate of drug-likeness (QED) is 0.805. The lowest BCUT2D eigenvalue weighted by Crippen LogP contribution is -2.35. The van der Waals surface area contributed by atoms with Crippen LogP contribution in [0.2, 0.25) is 0 Å². The van der Waals surface area contributed by atoms with Gasteiger partial charge in [0, 0.05) is 18.1 Å². The first kappa shape index (κ1) is 15.8. The number of carbonyl (C=O) groups is 1. The maximum absolute atomic E-state index is 11.8. The van der Waals surface area contributed by atoms with E-state index in [-0.39, 0.29) is 11.8 Å².